The van der Waals surface area contributed by atoms with Crippen molar-refractivity contribution < 1.29 is 27.2 Å². The first-order valence-electron chi connectivity index (χ1n) is 9.53. The number of halogens is 4. The van der Waals surface area contributed by atoms with Crippen molar-refractivity contribution in [3.05, 3.63) is 28.5 Å². The molecular weight excluding hydrogens is 436 g/mol. The van der Waals surface area contributed by atoms with Gasteiger partial charge in [-0.15, -0.1) is 11.3 Å². The van der Waals surface area contributed by atoms with Gasteiger partial charge in [0.1, 0.15) is 11.5 Å². The van der Waals surface area contributed by atoms with Crippen molar-refractivity contribution in [2.75, 3.05) is 11.9 Å². The zero-order chi connectivity index (χ0) is 23.1. The summed E-state index contributed by atoms with van der Waals surface area (Å²) in [6.45, 7) is 6.20. The van der Waals surface area contributed by atoms with E-state index in [1.807, 2.05) is 20.8 Å². The average molecular weight is 458 g/mol. The van der Waals surface area contributed by atoms with Crippen LogP contribution in [0.25, 0.3) is 10.4 Å². The number of pyridine rings is 1. The lowest BCUT2D eigenvalue weighted by Crippen LogP contribution is -2.35. The summed E-state index contributed by atoms with van der Waals surface area (Å²) in [7, 11) is 0. The molecule has 0 spiro atoms. The molecule has 1 fully saturated rings. The van der Waals surface area contributed by atoms with E-state index in [1.54, 1.807) is 0 Å². The Balaban J connectivity index is 2.08. The van der Waals surface area contributed by atoms with E-state index in [9.17, 15) is 27.2 Å². The van der Waals surface area contributed by atoms with Gasteiger partial charge in [0, 0.05) is 35.3 Å². The Morgan fingerprint density at radius 3 is 2.58 bits per heavy atom. The maximum Gasteiger partial charge on any atom is 0.274 e. The number of likely N-dealkylation sites (tertiary alicyclic amines) is 1. The molecule has 1 atom stereocenters. The second kappa shape index (κ2) is 8.18. The lowest BCUT2D eigenvalue weighted by atomic mass is 10.1. The van der Waals surface area contributed by atoms with Crippen LogP contribution in [0.3, 0.4) is 0 Å². The van der Waals surface area contributed by atoms with Gasteiger partial charge in [-0.1, -0.05) is 0 Å². The number of aldehydes is 1. The highest BCUT2D eigenvalue weighted by Crippen LogP contribution is 2.39. The maximum atomic E-state index is 13.9. The van der Waals surface area contributed by atoms with Crippen LogP contribution in [-0.4, -0.2) is 51.1 Å². The zero-order valence-electron chi connectivity index (χ0n) is 17.4. The van der Waals surface area contributed by atoms with E-state index in [2.05, 4.69) is 15.3 Å². The molecule has 168 valence electrons. The van der Waals surface area contributed by atoms with Crippen molar-refractivity contribution in [1.29, 1.82) is 0 Å². The highest BCUT2D eigenvalue weighted by atomic mass is 32.1. The average Bonchev–Trinajstić information content (AvgIpc) is 3.19. The van der Waals surface area contributed by atoms with Gasteiger partial charge < -0.3 is 10.2 Å². The summed E-state index contributed by atoms with van der Waals surface area (Å²) >= 11 is 0.744. The number of nitrogens with one attached hydrogen (secondary N) is 1. The van der Waals surface area contributed by atoms with Crippen LogP contribution in [0.1, 0.15) is 66.4 Å². The number of rotatable bonds is 5. The number of thiazole rings is 1. The Labute approximate surface area is 180 Å². The topological polar surface area (TPSA) is 75.2 Å². The predicted octanol–water partition coefficient (Wildman–Crippen LogP) is 5.04. The first-order valence-corrected chi connectivity index (χ1v) is 10.3. The van der Waals surface area contributed by atoms with Crippen LogP contribution in [0.4, 0.5) is 23.4 Å². The predicted molar refractivity (Wildman–Crippen MR) is 109 cm³/mol. The van der Waals surface area contributed by atoms with E-state index in [0.29, 0.717) is 6.29 Å². The van der Waals surface area contributed by atoms with Crippen molar-refractivity contribution in [3.8, 4) is 10.4 Å². The minimum atomic E-state index is -3.05. The first kappa shape index (κ1) is 23.1. The molecule has 0 aromatic carbocycles. The molecule has 1 aliphatic rings. The molecule has 1 N–H and O–H groups in total. The largest absolute Gasteiger partial charge is 0.365 e. The molecule has 0 radical (unpaired) electrons. The van der Waals surface area contributed by atoms with Crippen molar-refractivity contribution in [3.63, 3.8) is 0 Å². The van der Waals surface area contributed by atoms with E-state index >= 15 is 0 Å². The van der Waals surface area contributed by atoms with Crippen LogP contribution in [0.15, 0.2) is 12.3 Å². The number of nitrogens with zero attached hydrogens (tertiary/aromatic N) is 3. The van der Waals surface area contributed by atoms with Crippen LogP contribution in [0.2, 0.25) is 0 Å². The summed E-state index contributed by atoms with van der Waals surface area (Å²) in [6, 6.07) is 0.412. The summed E-state index contributed by atoms with van der Waals surface area (Å²) in [5, 5.41) is 2.88. The third kappa shape index (κ3) is 5.03. The molecular formula is C20H22F4N4O2S. The van der Waals surface area contributed by atoms with E-state index in [-0.39, 0.29) is 27.0 Å². The number of carbonyl (C=O) groups is 2. The summed E-state index contributed by atoms with van der Waals surface area (Å²) in [5.41, 5.74) is -1.21. The Kier molecular flexibility index (Phi) is 6.09. The van der Waals surface area contributed by atoms with E-state index < -0.39 is 48.4 Å². The lowest BCUT2D eigenvalue weighted by molar-refractivity contribution is 0.0118. The molecule has 31 heavy (non-hydrogen) atoms. The molecule has 3 heterocycles. The molecule has 2 aromatic heterocycles. The van der Waals surface area contributed by atoms with Crippen LogP contribution >= 0.6 is 11.3 Å². The van der Waals surface area contributed by atoms with Gasteiger partial charge in [-0.3, -0.25) is 9.59 Å². The van der Waals surface area contributed by atoms with Gasteiger partial charge >= 0.3 is 0 Å². The zero-order valence-corrected chi connectivity index (χ0v) is 18.2. The Hall–Kier alpha value is -2.56. The van der Waals surface area contributed by atoms with Gasteiger partial charge in [0.05, 0.1) is 11.4 Å². The molecule has 2 aromatic rings. The number of anilines is 1. The normalized spacial score (nSPS) is 18.5. The monoisotopic (exact) mass is 458 g/mol. The number of amides is 1. The van der Waals surface area contributed by atoms with Gasteiger partial charge in [-0.2, -0.15) is 0 Å². The van der Waals surface area contributed by atoms with Gasteiger partial charge in [-0.05, 0) is 33.8 Å². The van der Waals surface area contributed by atoms with Gasteiger partial charge in [-0.25, -0.2) is 27.5 Å². The summed E-state index contributed by atoms with van der Waals surface area (Å²) in [6.07, 6.45) is -1.84. The maximum absolute atomic E-state index is 13.9. The second-order valence-electron chi connectivity index (χ2n) is 8.52. The van der Waals surface area contributed by atoms with Crippen LogP contribution in [-0.2, 0) is 0 Å². The SMILES string of the molecule is C[C@H]1CC(F)(F)CN1C(=O)c1nc(C=O)sc1-c1cnc(NC(C)(C)C)cc1C(F)F. The van der Waals surface area contributed by atoms with E-state index in [0.717, 1.165) is 16.2 Å². The van der Waals surface area contributed by atoms with Crippen LogP contribution < -0.4 is 5.32 Å². The summed E-state index contributed by atoms with van der Waals surface area (Å²) in [5.74, 6) is -3.66. The molecule has 0 unspecified atom stereocenters. The van der Waals surface area contributed by atoms with Crippen molar-refractivity contribution in [2.24, 2.45) is 0 Å². The number of hydrogen-bond acceptors (Lipinski definition) is 6. The second-order valence-corrected chi connectivity index (χ2v) is 9.55. The molecule has 3 rings (SSSR count). The standard InChI is InChI=1S/C20H22F4N4O2S/c1-10-6-20(23,24)9-28(10)18(30)15-16(31-14(8-29)26-15)12-7-25-13(27-19(2,3)4)5-11(12)17(21)22/h5,7-8,10,17H,6,9H2,1-4H3,(H,25,27)/t10-/m0/s1. The van der Waals surface area contributed by atoms with Crippen molar-refractivity contribution in [2.45, 2.75) is 58.0 Å². The van der Waals surface area contributed by atoms with E-state index in [4.69, 9.17) is 0 Å². The number of alkyl halides is 4. The first-order chi connectivity index (χ1) is 14.3. The molecule has 1 amide bonds. The van der Waals surface area contributed by atoms with Crippen LogP contribution in [0.5, 0.6) is 0 Å². The molecule has 6 nitrogen and oxygen atoms in total. The Morgan fingerprint density at radius 1 is 1.39 bits per heavy atom. The van der Waals surface area contributed by atoms with Crippen LogP contribution in [0, 0.1) is 0 Å². The van der Waals surface area contributed by atoms with Crippen molar-refractivity contribution in [1.82, 2.24) is 14.9 Å². The molecule has 0 saturated carbocycles. The number of aromatic nitrogens is 2. The van der Waals surface area contributed by atoms with Crippen molar-refractivity contribution >= 4 is 29.3 Å². The molecule has 11 heteroatoms. The van der Waals surface area contributed by atoms with E-state index in [1.165, 1.54) is 19.2 Å². The quantitative estimate of drug-likeness (QED) is 0.502. The van der Waals surface area contributed by atoms with Gasteiger partial charge in [0.2, 0.25) is 0 Å². The van der Waals surface area contributed by atoms with Gasteiger partial charge in [0.15, 0.2) is 11.3 Å². The minimum absolute atomic E-state index is 0.000347. The molecule has 0 bridgehead atoms. The molecule has 0 aliphatic carbocycles. The third-order valence-corrected chi connectivity index (χ3v) is 5.67. The fourth-order valence-corrected chi connectivity index (χ4v) is 4.33. The highest BCUT2D eigenvalue weighted by molar-refractivity contribution is 7.17. The lowest BCUT2D eigenvalue weighted by Gasteiger charge is -2.22. The fraction of sp³-hybridized carbons (Fsp3) is 0.500. The Bertz CT molecular complexity index is 1000. The summed E-state index contributed by atoms with van der Waals surface area (Å²) in [4.78, 5) is 33.3. The number of hydrogen-bond donors (Lipinski definition) is 1. The Morgan fingerprint density at radius 2 is 2.06 bits per heavy atom. The highest BCUT2D eigenvalue weighted by Gasteiger charge is 2.46. The third-order valence-electron chi connectivity index (χ3n) is 4.65. The molecule has 1 saturated heterocycles. The summed E-state index contributed by atoms with van der Waals surface area (Å²) < 4.78 is 55.3. The smallest absolute Gasteiger partial charge is 0.274 e. The fourth-order valence-electron chi connectivity index (χ4n) is 3.43. The number of carbonyl (C=O) groups excluding carboxylic acids is 2. The van der Waals surface area contributed by atoms with Gasteiger partial charge in [0.25, 0.3) is 18.3 Å². The molecule has 1 aliphatic heterocycles. The minimum Gasteiger partial charge on any atom is -0.365 e.